The first-order valence-electron chi connectivity index (χ1n) is 8.54. The van der Waals surface area contributed by atoms with E-state index in [4.69, 9.17) is 0 Å². The molecule has 2 fully saturated rings. The Kier molecular flexibility index (Phi) is 5.52. The molecule has 0 spiro atoms. The van der Waals surface area contributed by atoms with Gasteiger partial charge in [0.2, 0.25) is 0 Å². The molecular formula is C16H23F3N4OS. The lowest BCUT2D eigenvalue weighted by Crippen LogP contribution is -2.45. The summed E-state index contributed by atoms with van der Waals surface area (Å²) in [7, 11) is 0. The number of thiazole rings is 1. The largest absolute Gasteiger partial charge is 0.401 e. The zero-order valence-electron chi connectivity index (χ0n) is 14.2. The van der Waals surface area contributed by atoms with Crippen molar-refractivity contribution in [2.24, 2.45) is 5.92 Å². The number of aryl methyl sites for hydroxylation is 1. The van der Waals surface area contributed by atoms with E-state index in [-0.39, 0.29) is 18.6 Å². The molecule has 1 N–H and O–H groups in total. The van der Waals surface area contributed by atoms with Crippen LogP contribution in [-0.4, -0.2) is 65.8 Å². The van der Waals surface area contributed by atoms with E-state index in [9.17, 15) is 18.0 Å². The van der Waals surface area contributed by atoms with Crippen molar-refractivity contribution in [2.75, 3.05) is 32.7 Å². The molecule has 3 rings (SSSR count). The molecule has 0 aromatic carbocycles. The first-order valence-corrected chi connectivity index (χ1v) is 9.42. The Balaban J connectivity index is 1.42. The molecule has 5 nitrogen and oxygen atoms in total. The normalized spacial score (nSPS) is 24.9. The predicted octanol–water partition coefficient (Wildman–Crippen LogP) is 2.66. The Morgan fingerprint density at radius 3 is 2.84 bits per heavy atom. The van der Waals surface area contributed by atoms with Crippen LogP contribution in [0.15, 0.2) is 5.38 Å². The minimum Gasteiger partial charge on any atom is -0.334 e. The molecule has 1 aromatic rings. The summed E-state index contributed by atoms with van der Waals surface area (Å²) in [6.07, 6.45) is -1.80. The van der Waals surface area contributed by atoms with Crippen LogP contribution in [0.25, 0.3) is 0 Å². The second kappa shape index (κ2) is 7.49. The molecular weight excluding hydrogens is 353 g/mol. The Labute approximate surface area is 149 Å². The van der Waals surface area contributed by atoms with E-state index in [0.717, 1.165) is 23.5 Å². The number of nitrogens with zero attached hydrogens (tertiary/aromatic N) is 3. The number of carbonyl (C=O) groups is 1. The molecule has 0 saturated carbocycles. The molecule has 2 unspecified atom stereocenters. The number of urea groups is 1. The fraction of sp³-hybridized carbons (Fsp3) is 0.750. The summed E-state index contributed by atoms with van der Waals surface area (Å²) in [4.78, 5) is 19.9. The lowest BCUT2D eigenvalue weighted by atomic mass is 10.1. The first-order chi connectivity index (χ1) is 11.8. The van der Waals surface area contributed by atoms with Gasteiger partial charge in [-0.05, 0) is 25.7 Å². The van der Waals surface area contributed by atoms with Gasteiger partial charge in [-0.1, -0.05) is 0 Å². The number of aromatic nitrogens is 1. The van der Waals surface area contributed by atoms with Crippen molar-refractivity contribution < 1.29 is 18.0 Å². The minimum atomic E-state index is -4.19. The van der Waals surface area contributed by atoms with E-state index in [1.807, 2.05) is 12.3 Å². The number of nitrogens with one attached hydrogen (secondary N) is 1. The summed E-state index contributed by atoms with van der Waals surface area (Å²) in [6, 6.07) is -0.354. The highest BCUT2D eigenvalue weighted by atomic mass is 32.1. The van der Waals surface area contributed by atoms with Crippen molar-refractivity contribution in [3.05, 3.63) is 16.1 Å². The van der Waals surface area contributed by atoms with Gasteiger partial charge in [0.1, 0.15) is 0 Å². The summed E-state index contributed by atoms with van der Waals surface area (Å²) in [6.45, 7) is 3.08. The van der Waals surface area contributed by atoms with Gasteiger partial charge in [0.15, 0.2) is 0 Å². The van der Waals surface area contributed by atoms with Crippen LogP contribution in [0.5, 0.6) is 0 Å². The van der Waals surface area contributed by atoms with E-state index in [0.29, 0.717) is 32.0 Å². The van der Waals surface area contributed by atoms with Gasteiger partial charge in [0.05, 0.1) is 11.6 Å². The number of carbonyl (C=O) groups excluding carboxylic acids is 1. The highest BCUT2D eigenvalue weighted by molar-refractivity contribution is 7.09. The van der Waals surface area contributed by atoms with Crippen LogP contribution in [0.3, 0.4) is 0 Å². The molecule has 0 radical (unpaired) electrons. The van der Waals surface area contributed by atoms with Crippen molar-refractivity contribution in [2.45, 2.75) is 38.4 Å². The fourth-order valence-electron chi connectivity index (χ4n) is 3.54. The molecule has 2 aliphatic rings. The number of hydrogen-bond donors (Lipinski definition) is 1. The average molecular weight is 376 g/mol. The Morgan fingerprint density at radius 1 is 1.36 bits per heavy atom. The van der Waals surface area contributed by atoms with Crippen molar-refractivity contribution in [3.63, 3.8) is 0 Å². The van der Waals surface area contributed by atoms with Crippen LogP contribution in [0, 0.1) is 12.8 Å². The quantitative estimate of drug-likeness (QED) is 0.879. The first kappa shape index (κ1) is 18.4. The number of halogens is 3. The lowest BCUT2D eigenvalue weighted by molar-refractivity contribution is -0.143. The van der Waals surface area contributed by atoms with Gasteiger partial charge in [0, 0.05) is 49.7 Å². The fourth-order valence-corrected chi connectivity index (χ4v) is 4.43. The maximum Gasteiger partial charge on any atom is 0.401 e. The highest BCUT2D eigenvalue weighted by Crippen LogP contribution is 2.23. The Bertz CT molecular complexity index is 606. The number of rotatable bonds is 4. The Hall–Kier alpha value is -1.35. The molecule has 9 heteroatoms. The molecule has 0 aliphatic carbocycles. The molecule has 2 amide bonds. The second-order valence-corrected chi connectivity index (χ2v) is 7.92. The van der Waals surface area contributed by atoms with Crippen LogP contribution in [0.2, 0.25) is 0 Å². The summed E-state index contributed by atoms with van der Waals surface area (Å²) < 4.78 is 37.3. The van der Waals surface area contributed by atoms with Crippen molar-refractivity contribution in [1.29, 1.82) is 0 Å². The van der Waals surface area contributed by atoms with Crippen molar-refractivity contribution >= 4 is 17.4 Å². The van der Waals surface area contributed by atoms with Crippen LogP contribution in [0.4, 0.5) is 18.0 Å². The van der Waals surface area contributed by atoms with E-state index >= 15 is 0 Å². The second-order valence-electron chi connectivity index (χ2n) is 6.97. The standard InChI is InChI=1S/C16H23F3N4OS/c1-11-9-25-14(20-11)6-12-2-5-23(7-12)15(24)21-13-3-4-22(8-13)10-16(17,18)19/h9,12-13H,2-8,10H2,1H3,(H,21,24). The number of hydrogen-bond acceptors (Lipinski definition) is 4. The molecule has 3 heterocycles. The maximum absolute atomic E-state index is 12.4. The number of amides is 2. The third-order valence-electron chi connectivity index (χ3n) is 4.71. The van der Waals surface area contributed by atoms with E-state index in [2.05, 4.69) is 10.3 Å². The zero-order valence-corrected chi connectivity index (χ0v) is 15.0. The molecule has 2 atom stereocenters. The summed E-state index contributed by atoms with van der Waals surface area (Å²) in [5, 5.41) is 6.02. The SMILES string of the molecule is Cc1csc(CC2CCN(C(=O)NC3CCN(CC(F)(F)F)C3)C2)n1. The maximum atomic E-state index is 12.4. The van der Waals surface area contributed by atoms with E-state index < -0.39 is 12.7 Å². The van der Waals surface area contributed by atoms with E-state index in [1.165, 1.54) is 4.90 Å². The van der Waals surface area contributed by atoms with Gasteiger partial charge >= 0.3 is 12.2 Å². The van der Waals surface area contributed by atoms with Crippen LogP contribution < -0.4 is 5.32 Å². The van der Waals surface area contributed by atoms with Gasteiger partial charge in [-0.3, -0.25) is 4.90 Å². The number of likely N-dealkylation sites (tertiary alicyclic amines) is 2. The van der Waals surface area contributed by atoms with Crippen LogP contribution >= 0.6 is 11.3 Å². The Morgan fingerprint density at radius 2 is 2.16 bits per heavy atom. The highest BCUT2D eigenvalue weighted by Gasteiger charge is 2.35. The van der Waals surface area contributed by atoms with Crippen molar-refractivity contribution in [1.82, 2.24) is 20.1 Å². The van der Waals surface area contributed by atoms with Gasteiger partial charge in [-0.25, -0.2) is 9.78 Å². The molecule has 140 valence electrons. The molecule has 2 aliphatic heterocycles. The molecule has 25 heavy (non-hydrogen) atoms. The molecule has 2 saturated heterocycles. The molecule has 0 bridgehead atoms. The monoisotopic (exact) mass is 376 g/mol. The van der Waals surface area contributed by atoms with Gasteiger partial charge in [-0.15, -0.1) is 11.3 Å². The van der Waals surface area contributed by atoms with Crippen LogP contribution in [0.1, 0.15) is 23.5 Å². The predicted molar refractivity (Wildman–Crippen MR) is 89.7 cm³/mol. The zero-order chi connectivity index (χ0) is 18.0. The van der Waals surface area contributed by atoms with Gasteiger partial charge in [-0.2, -0.15) is 13.2 Å². The topological polar surface area (TPSA) is 48.5 Å². The van der Waals surface area contributed by atoms with Crippen LogP contribution in [-0.2, 0) is 6.42 Å². The minimum absolute atomic E-state index is 0.156. The van der Waals surface area contributed by atoms with Gasteiger partial charge in [0.25, 0.3) is 0 Å². The summed E-state index contributed by atoms with van der Waals surface area (Å²) in [5.74, 6) is 0.404. The van der Waals surface area contributed by atoms with E-state index in [1.54, 1.807) is 16.2 Å². The molecule has 1 aromatic heterocycles. The number of alkyl halides is 3. The summed E-state index contributed by atoms with van der Waals surface area (Å²) >= 11 is 1.65. The van der Waals surface area contributed by atoms with Gasteiger partial charge < -0.3 is 10.2 Å². The summed E-state index contributed by atoms with van der Waals surface area (Å²) in [5.41, 5.74) is 1.03. The lowest BCUT2D eigenvalue weighted by Gasteiger charge is -2.21. The third-order valence-corrected chi connectivity index (χ3v) is 5.69. The third kappa shape index (κ3) is 5.31. The van der Waals surface area contributed by atoms with Crippen molar-refractivity contribution in [3.8, 4) is 0 Å². The smallest absolute Gasteiger partial charge is 0.334 e. The average Bonchev–Trinajstić information content (AvgIpc) is 3.21.